The topological polar surface area (TPSA) is 87.6 Å². The lowest BCUT2D eigenvalue weighted by molar-refractivity contribution is -0.116. The summed E-state index contributed by atoms with van der Waals surface area (Å²) < 4.78 is 0. The van der Waals surface area contributed by atoms with E-state index in [-0.39, 0.29) is 23.1 Å². The highest BCUT2D eigenvalue weighted by Crippen LogP contribution is 2.22. The number of amides is 2. The molecule has 0 atom stereocenters. The van der Waals surface area contributed by atoms with Gasteiger partial charge in [0.1, 0.15) is 5.69 Å². The van der Waals surface area contributed by atoms with Crippen molar-refractivity contribution in [3.05, 3.63) is 59.0 Å². The average molecular weight is 339 g/mol. The molecule has 0 bridgehead atoms. The Hall–Kier alpha value is -3.02. The summed E-state index contributed by atoms with van der Waals surface area (Å²) in [7, 11) is 0. The third kappa shape index (κ3) is 5.84. The minimum atomic E-state index is -0.377. The molecular weight excluding hydrogens is 318 g/mol. The second-order valence-corrected chi connectivity index (χ2v) is 5.69. The Labute approximate surface area is 146 Å². The lowest BCUT2D eigenvalue weighted by Gasteiger charge is -2.09. The van der Waals surface area contributed by atoms with Crippen molar-refractivity contribution in [3.8, 4) is 0 Å². The second kappa shape index (κ2) is 9.32. The number of rotatable bonds is 8. The molecule has 2 amide bonds. The smallest absolute Gasteiger partial charge is 0.255 e. The van der Waals surface area contributed by atoms with E-state index in [2.05, 4.69) is 22.7 Å². The number of benzene rings is 2. The molecule has 25 heavy (non-hydrogen) atoms. The fourth-order valence-electron chi connectivity index (χ4n) is 2.35. The van der Waals surface area contributed by atoms with Gasteiger partial charge in [-0.1, -0.05) is 38.0 Å². The quantitative estimate of drug-likeness (QED) is 0.532. The van der Waals surface area contributed by atoms with Crippen LogP contribution in [0.4, 0.5) is 17.1 Å². The molecule has 2 N–H and O–H groups in total. The van der Waals surface area contributed by atoms with E-state index < -0.39 is 0 Å². The summed E-state index contributed by atoms with van der Waals surface area (Å²) in [6, 6.07) is 13.3. The number of carbonyl (C=O) groups is 2. The van der Waals surface area contributed by atoms with Crippen molar-refractivity contribution in [2.75, 3.05) is 10.6 Å². The Morgan fingerprint density at radius 3 is 2.40 bits per heavy atom. The van der Waals surface area contributed by atoms with E-state index in [0.717, 1.165) is 19.3 Å². The van der Waals surface area contributed by atoms with Crippen molar-refractivity contribution in [1.29, 1.82) is 0 Å². The van der Waals surface area contributed by atoms with Gasteiger partial charge in [-0.3, -0.25) is 9.59 Å². The van der Waals surface area contributed by atoms with Crippen molar-refractivity contribution in [3.63, 3.8) is 0 Å². The predicted molar refractivity (Wildman–Crippen MR) is 99.1 cm³/mol. The Bertz CT molecular complexity index is 745. The Morgan fingerprint density at radius 2 is 1.72 bits per heavy atom. The monoisotopic (exact) mass is 339 g/mol. The minimum absolute atomic E-state index is 0.0876. The number of para-hydroxylation sites is 1. The molecule has 6 nitrogen and oxygen atoms in total. The summed E-state index contributed by atoms with van der Waals surface area (Å²) >= 11 is 0. The van der Waals surface area contributed by atoms with Gasteiger partial charge in [-0.25, -0.2) is 0 Å². The van der Waals surface area contributed by atoms with Crippen LogP contribution >= 0.6 is 0 Å². The normalized spacial score (nSPS) is 10.1. The molecule has 2 aromatic rings. The molecule has 0 spiro atoms. The molecule has 0 saturated heterocycles. The Balaban J connectivity index is 2.11. The molecule has 0 aromatic heterocycles. The molecule has 0 unspecified atom stereocenters. The van der Waals surface area contributed by atoms with E-state index in [4.69, 9.17) is 0 Å². The number of nitrogens with zero attached hydrogens (tertiary/aromatic N) is 1. The summed E-state index contributed by atoms with van der Waals surface area (Å²) in [5.74, 6) is -0.524. The van der Waals surface area contributed by atoms with Gasteiger partial charge in [-0.05, 0) is 41.9 Å². The number of nitroso groups, excluding NO2 is 1. The third-order valence-corrected chi connectivity index (χ3v) is 3.61. The van der Waals surface area contributed by atoms with Gasteiger partial charge in [-0.2, -0.15) is 0 Å². The van der Waals surface area contributed by atoms with Crippen LogP contribution in [0.25, 0.3) is 0 Å². The molecule has 0 aliphatic rings. The maximum Gasteiger partial charge on any atom is 0.255 e. The van der Waals surface area contributed by atoms with Crippen LogP contribution in [-0.2, 0) is 4.79 Å². The van der Waals surface area contributed by atoms with Crippen LogP contribution in [0.3, 0.4) is 0 Å². The molecule has 0 aliphatic heterocycles. The number of anilines is 2. The fraction of sp³-hybridized carbons (Fsp3) is 0.263. The molecule has 0 radical (unpaired) electrons. The minimum Gasteiger partial charge on any atom is -0.326 e. The largest absolute Gasteiger partial charge is 0.326 e. The summed E-state index contributed by atoms with van der Waals surface area (Å²) in [5.41, 5.74) is 1.37. The van der Waals surface area contributed by atoms with Crippen LogP contribution in [0, 0.1) is 4.91 Å². The molecule has 0 aliphatic carbocycles. The van der Waals surface area contributed by atoms with Crippen molar-refractivity contribution in [2.45, 2.75) is 32.6 Å². The SMILES string of the molecule is CCCCCC(=O)Nc1cc(N=O)cc(C(=O)Nc2ccccc2)c1. The molecule has 0 saturated carbocycles. The average Bonchev–Trinajstić information content (AvgIpc) is 2.62. The zero-order valence-corrected chi connectivity index (χ0v) is 14.1. The van der Waals surface area contributed by atoms with Crippen molar-refractivity contribution in [1.82, 2.24) is 0 Å². The van der Waals surface area contributed by atoms with Crippen molar-refractivity contribution >= 4 is 28.9 Å². The maximum atomic E-state index is 12.4. The number of hydrogen-bond acceptors (Lipinski definition) is 4. The third-order valence-electron chi connectivity index (χ3n) is 3.61. The Kier molecular flexibility index (Phi) is 6.83. The van der Waals surface area contributed by atoms with Crippen molar-refractivity contribution < 1.29 is 9.59 Å². The van der Waals surface area contributed by atoms with Crippen LogP contribution < -0.4 is 10.6 Å². The maximum absolute atomic E-state index is 12.4. The highest BCUT2D eigenvalue weighted by atomic mass is 16.3. The molecule has 6 heteroatoms. The lowest BCUT2D eigenvalue weighted by Crippen LogP contribution is -2.14. The Morgan fingerprint density at radius 1 is 0.960 bits per heavy atom. The highest BCUT2D eigenvalue weighted by molar-refractivity contribution is 6.06. The molecule has 2 aromatic carbocycles. The van der Waals surface area contributed by atoms with Gasteiger partial charge >= 0.3 is 0 Å². The number of hydrogen-bond donors (Lipinski definition) is 2. The summed E-state index contributed by atoms with van der Waals surface area (Å²) in [6.45, 7) is 2.06. The number of nitrogens with one attached hydrogen (secondary N) is 2. The van der Waals surface area contributed by atoms with E-state index >= 15 is 0 Å². The molecule has 0 heterocycles. The van der Waals surface area contributed by atoms with Gasteiger partial charge < -0.3 is 10.6 Å². The van der Waals surface area contributed by atoms with Gasteiger partial charge in [0.2, 0.25) is 5.91 Å². The lowest BCUT2D eigenvalue weighted by atomic mass is 10.1. The van der Waals surface area contributed by atoms with Gasteiger partial charge in [0.25, 0.3) is 5.91 Å². The van der Waals surface area contributed by atoms with Crippen LogP contribution in [0.15, 0.2) is 53.7 Å². The second-order valence-electron chi connectivity index (χ2n) is 5.69. The standard InChI is InChI=1S/C19H21N3O3/c1-2-3-5-10-18(23)20-16-11-14(12-17(13-16)22-25)19(24)21-15-8-6-4-7-9-15/h4,6-9,11-13H,2-3,5,10H2,1H3,(H,20,23)(H,21,24). The number of unbranched alkanes of at least 4 members (excludes halogenated alkanes) is 2. The van der Waals surface area contributed by atoms with E-state index in [1.165, 1.54) is 18.2 Å². The zero-order valence-electron chi connectivity index (χ0n) is 14.1. The summed E-state index contributed by atoms with van der Waals surface area (Å²) in [5, 5.41) is 8.34. The fourth-order valence-corrected chi connectivity index (χ4v) is 2.35. The van der Waals surface area contributed by atoms with E-state index in [0.29, 0.717) is 17.8 Å². The molecule has 0 fully saturated rings. The van der Waals surface area contributed by atoms with E-state index in [1.807, 2.05) is 6.07 Å². The van der Waals surface area contributed by atoms with Crippen LogP contribution in [0.5, 0.6) is 0 Å². The molecular formula is C19H21N3O3. The van der Waals surface area contributed by atoms with E-state index in [1.54, 1.807) is 24.3 Å². The highest BCUT2D eigenvalue weighted by Gasteiger charge is 2.11. The van der Waals surface area contributed by atoms with Crippen molar-refractivity contribution in [2.24, 2.45) is 5.18 Å². The van der Waals surface area contributed by atoms with Gasteiger partial charge in [0.15, 0.2) is 0 Å². The first-order valence-corrected chi connectivity index (χ1v) is 8.27. The summed E-state index contributed by atoms with van der Waals surface area (Å²) in [4.78, 5) is 35.2. The van der Waals surface area contributed by atoms with Crippen LogP contribution in [0.1, 0.15) is 43.0 Å². The molecule has 2 rings (SSSR count). The number of carbonyl (C=O) groups excluding carboxylic acids is 2. The van der Waals surface area contributed by atoms with Crippen LogP contribution in [-0.4, -0.2) is 11.8 Å². The van der Waals surface area contributed by atoms with E-state index in [9.17, 15) is 14.5 Å². The first kappa shape index (κ1) is 18.3. The summed E-state index contributed by atoms with van der Waals surface area (Å²) in [6.07, 6.45) is 3.21. The molecule has 130 valence electrons. The first-order valence-electron chi connectivity index (χ1n) is 8.27. The predicted octanol–water partition coefficient (Wildman–Crippen LogP) is 4.86. The zero-order chi connectivity index (χ0) is 18.1. The van der Waals surface area contributed by atoms with Crippen LogP contribution in [0.2, 0.25) is 0 Å². The van der Waals surface area contributed by atoms with Gasteiger partial charge in [0, 0.05) is 23.4 Å². The first-order chi connectivity index (χ1) is 12.1. The van der Waals surface area contributed by atoms with Gasteiger partial charge in [0.05, 0.1) is 0 Å². The van der Waals surface area contributed by atoms with Gasteiger partial charge in [-0.15, -0.1) is 4.91 Å².